The number of carbonyl (C=O) groups is 2. The maximum atomic E-state index is 11.6. The second-order valence-electron chi connectivity index (χ2n) is 4.32. The number of carbonyl (C=O) groups excluding carboxylic acids is 1. The minimum atomic E-state index is -0.981. The third kappa shape index (κ3) is 2.23. The minimum absolute atomic E-state index is 0.0843. The van der Waals surface area contributed by atoms with Gasteiger partial charge in [-0.25, -0.2) is 9.80 Å². The highest BCUT2D eigenvalue weighted by Gasteiger charge is 2.27. The predicted molar refractivity (Wildman–Crippen MR) is 74.4 cm³/mol. The summed E-state index contributed by atoms with van der Waals surface area (Å²) in [7, 11) is 0. The standard InChI is InChI=1S/C14H15N3O3/c1-4-16-9(2)13(10(3)18)15-17(16)12-7-5-11(6-8-12)14(19)20/h4-8,15H,1H2,2-3H3,(H,19,20). The Hall–Kier alpha value is -2.76. The molecule has 0 unspecified atom stereocenters. The second kappa shape index (κ2) is 5.08. The van der Waals surface area contributed by atoms with E-state index in [0.717, 1.165) is 5.70 Å². The van der Waals surface area contributed by atoms with Crippen molar-refractivity contribution in [3.05, 3.63) is 54.0 Å². The Bertz CT molecular complexity index is 605. The van der Waals surface area contributed by atoms with Crippen molar-refractivity contribution in [1.29, 1.82) is 0 Å². The van der Waals surface area contributed by atoms with Gasteiger partial charge in [-0.2, -0.15) is 5.12 Å². The number of carboxylic acids is 1. The van der Waals surface area contributed by atoms with E-state index in [1.165, 1.54) is 19.1 Å². The molecule has 1 heterocycles. The van der Waals surface area contributed by atoms with Crippen LogP contribution in [0.1, 0.15) is 24.2 Å². The quantitative estimate of drug-likeness (QED) is 0.872. The first kappa shape index (κ1) is 13.7. The summed E-state index contributed by atoms with van der Waals surface area (Å²) in [6.45, 7) is 6.99. The van der Waals surface area contributed by atoms with E-state index in [9.17, 15) is 9.59 Å². The van der Waals surface area contributed by atoms with E-state index in [2.05, 4.69) is 12.0 Å². The lowest BCUT2D eigenvalue weighted by Gasteiger charge is -2.28. The molecule has 0 fully saturated rings. The van der Waals surface area contributed by atoms with E-state index in [1.54, 1.807) is 35.4 Å². The van der Waals surface area contributed by atoms with Gasteiger partial charge in [-0.05, 0) is 31.2 Å². The largest absolute Gasteiger partial charge is 0.478 e. The number of allylic oxidation sites excluding steroid dienone is 2. The molecule has 6 heteroatoms. The summed E-state index contributed by atoms with van der Waals surface area (Å²) in [5, 5.41) is 12.2. The van der Waals surface area contributed by atoms with Crippen LogP contribution in [-0.4, -0.2) is 21.9 Å². The van der Waals surface area contributed by atoms with Gasteiger partial charge in [0.2, 0.25) is 0 Å². The van der Waals surface area contributed by atoms with Crippen molar-refractivity contribution in [3.63, 3.8) is 0 Å². The number of nitrogens with one attached hydrogen (secondary N) is 1. The number of Topliss-reactive ketones (excluding diaryl/α,β-unsaturated/α-hetero) is 1. The number of hydrazine groups is 2. The van der Waals surface area contributed by atoms with Crippen molar-refractivity contribution >= 4 is 17.4 Å². The lowest BCUT2D eigenvalue weighted by Crippen LogP contribution is -2.41. The van der Waals surface area contributed by atoms with Gasteiger partial charge in [-0.1, -0.05) is 6.58 Å². The zero-order valence-electron chi connectivity index (χ0n) is 11.3. The van der Waals surface area contributed by atoms with Crippen molar-refractivity contribution in [2.75, 3.05) is 5.12 Å². The van der Waals surface area contributed by atoms with E-state index in [4.69, 9.17) is 5.11 Å². The van der Waals surface area contributed by atoms with Crippen LogP contribution in [0.2, 0.25) is 0 Å². The first-order valence-corrected chi connectivity index (χ1v) is 5.99. The number of nitrogens with zero attached hydrogens (tertiary/aromatic N) is 2. The molecule has 20 heavy (non-hydrogen) atoms. The fourth-order valence-electron chi connectivity index (χ4n) is 1.99. The Balaban J connectivity index is 2.32. The Kier molecular flexibility index (Phi) is 3.47. The Labute approximate surface area is 116 Å². The number of aromatic carboxylic acids is 1. The number of benzene rings is 1. The third-order valence-corrected chi connectivity index (χ3v) is 3.02. The number of rotatable bonds is 4. The van der Waals surface area contributed by atoms with Gasteiger partial charge in [0, 0.05) is 13.1 Å². The van der Waals surface area contributed by atoms with Crippen molar-refractivity contribution in [2.24, 2.45) is 0 Å². The molecule has 1 aliphatic heterocycles. The predicted octanol–water partition coefficient (Wildman–Crippen LogP) is 1.89. The molecule has 0 aromatic heterocycles. The first-order chi connectivity index (χ1) is 9.45. The zero-order chi connectivity index (χ0) is 14.9. The highest BCUT2D eigenvalue weighted by molar-refractivity contribution is 5.94. The molecule has 1 aromatic rings. The molecule has 1 aromatic carbocycles. The molecule has 0 aliphatic carbocycles. The van der Waals surface area contributed by atoms with Gasteiger partial charge >= 0.3 is 5.97 Å². The number of hydrogen-bond donors (Lipinski definition) is 2. The molecule has 2 N–H and O–H groups in total. The van der Waals surface area contributed by atoms with Crippen molar-refractivity contribution < 1.29 is 14.7 Å². The van der Waals surface area contributed by atoms with Crippen LogP contribution in [0.3, 0.4) is 0 Å². The minimum Gasteiger partial charge on any atom is -0.478 e. The maximum Gasteiger partial charge on any atom is 0.335 e. The molecule has 0 amide bonds. The highest BCUT2D eigenvalue weighted by Crippen LogP contribution is 2.26. The molecular formula is C14H15N3O3. The number of carboxylic acid groups (broad SMARTS) is 1. The molecule has 2 rings (SSSR count). The smallest absolute Gasteiger partial charge is 0.335 e. The van der Waals surface area contributed by atoms with Gasteiger partial charge < -0.3 is 5.11 Å². The zero-order valence-corrected chi connectivity index (χ0v) is 11.3. The molecule has 0 saturated heterocycles. The second-order valence-corrected chi connectivity index (χ2v) is 4.32. The highest BCUT2D eigenvalue weighted by atomic mass is 16.4. The lowest BCUT2D eigenvalue weighted by atomic mass is 10.2. The normalized spacial score (nSPS) is 14.3. The molecule has 104 valence electrons. The van der Waals surface area contributed by atoms with E-state index in [0.29, 0.717) is 11.4 Å². The summed E-state index contributed by atoms with van der Waals surface area (Å²) < 4.78 is 0. The number of anilines is 1. The van der Waals surface area contributed by atoms with E-state index in [-0.39, 0.29) is 11.3 Å². The van der Waals surface area contributed by atoms with Gasteiger partial charge in [-0.3, -0.25) is 10.2 Å². The summed E-state index contributed by atoms with van der Waals surface area (Å²) in [5.41, 5.74) is 5.09. The summed E-state index contributed by atoms with van der Waals surface area (Å²) >= 11 is 0. The van der Waals surface area contributed by atoms with E-state index in [1.807, 2.05) is 0 Å². The van der Waals surface area contributed by atoms with Crippen LogP contribution in [0, 0.1) is 0 Å². The van der Waals surface area contributed by atoms with Gasteiger partial charge in [0.05, 0.1) is 16.9 Å². The maximum absolute atomic E-state index is 11.6. The molecule has 0 saturated carbocycles. The lowest BCUT2D eigenvalue weighted by molar-refractivity contribution is -0.113. The Morgan fingerprint density at radius 2 is 1.90 bits per heavy atom. The van der Waals surface area contributed by atoms with Crippen LogP contribution in [0.4, 0.5) is 5.69 Å². The Morgan fingerprint density at radius 1 is 1.30 bits per heavy atom. The molecule has 1 aliphatic rings. The van der Waals surface area contributed by atoms with Crippen LogP contribution >= 0.6 is 0 Å². The van der Waals surface area contributed by atoms with Gasteiger partial charge in [0.1, 0.15) is 5.70 Å². The summed E-state index contributed by atoms with van der Waals surface area (Å²) in [4.78, 5) is 22.4. The van der Waals surface area contributed by atoms with Crippen molar-refractivity contribution in [2.45, 2.75) is 13.8 Å². The van der Waals surface area contributed by atoms with Crippen LogP contribution < -0.4 is 10.5 Å². The van der Waals surface area contributed by atoms with Gasteiger partial charge in [0.25, 0.3) is 0 Å². The molecule has 6 nitrogen and oxygen atoms in total. The van der Waals surface area contributed by atoms with Crippen molar-refractivity contribution in [3.8, 4) is 0 Å². The topological polar surface area (TPSA) is 72.9 Å². The molecule has 0 spiro atoms. The van der Waals surface area contributed by atoms with Crippen LogP contribution in [0.15, 0.2) is 48.4 Å². The van der Waals surface area contributed by atoms with E-state index < -0.39 is 5.97 Å². The van der Waals surface area contributed by atoms with Gasteiger partial charge in [0.15, 0.2) is 5.78 Å². The fourth-order valence-corrected chi connectivity index (χ4v) is 1.99. The fraction of sp³-hybridized carbons (Fsp3) is 0.143. The Morgan fingerprint density at radius 3 is 2.35 bits per heavy atom. The van der Waals surface area contributed by atoms with Crippen LogP contribution in [0.25, 0.3) is 0 Å². The molecular weight excluding hydrogens is 258 g/mol. The summed E-state index contributed by atoms with van der Waals surface area (Å²) in [6.07, 6.45) is 1.57. The SMILES string of the molecule is C=CN1C(C)=C(C(C)=O)NN1c1ccc(C(=O)O)cc1. The first-order valence-electron chi connectivity index (χ1n) is 5.99. The molecule has 0 bridgehead atoms. The summed E-state index contributed by atoms with van der Waals surface area (Å²) in [6, 6.07) is 6.32. The average Bonchev–Trinajstić information content (AvgIpc) is 2.75. The van der Waals surface area contributed by atoms with Crippen LogP contribution in [-0.2, 0) is 4.79 Å². The number of ketones is 1. The van der Waals surface area contributed by atoms with Crippen molar-refractivity contribution in [1.82, 2.24) is 10.4 Å². The molecule has 0 radical (unpaired) electrons. The van der Waals surface area contributed by atoms with E-state index >= 15 is 0 Å². The van der Waals surface area contributed by atoms with Crippen LogP contribution in [0.5, 0.6) is 0 Å². The third-order valence-electron chi connectivity index (χ3n) is 3.02. The van der Waals surface area contributed by atoms with Gasteiger partial charge in [-0.15, -0.1) is 0 Å². The number of hydrogen-bond acceptors (Lipinski definition) is 5. The molecule has 0 atom stereocenters. The average molecular weight is 273 g/mol. The summed E-state index contributed by atoms with van der Waals surface area (Å²) in [5.74, 6) is -1.07. The monoisotopic (exact) mass is 273 g/mol.